The van der Waals surface area contributed by atoms with E-state index in [2.05, 4.69) is 20.3 Å². The summed E-state index contributed by atoms with van der Waals surface area (Å²) in [6.45, 7) is 2.50. The zero-order valence-electron chi connectivity index (χ0n) is 11.5. The standard InChI is InChI=1S/C13H15F2N5/c1-4-16-12-17-11(18-13(19-12)20(2)3)9-7-8(14)5-6-10(9)15/h5-7H,4H2,1-3H3,(H,16,17,18,19). The van der Waals surface area contributed by atoms with Crippen LogP contribution in [0.5, 0.6) is 0 Å². The first-order valence-corrected chi connectivity index (χ1v) is 6.14. The molecule has 106 valence electrons. The van der Waals surface area contributed by atoms with Crippen LogP contribution < -0.4 is 10.2 Å². The highest BCUT2D eigenvalue weighted by atomic mass is 19.1. The predicted molar refractivity (Wildman–Crippen MR) is 73.7 cm³/mol. The molecule has 20 heavy (non-hydrogen) atoms. The van der Waals surface area contributed by atoms with Gasteiger partial charge in [-0.3, -0.25) is 0 Å². The van der Waals surface area contributed by atoms with Crippen molar-refractivity contribution in [2.24, 2.45) is 0 Å². The molecule has 0 aliphatic heterocycles. The Morgan fingerprint density at radius 1 is 1.15 bits per heavy atom. The van der Waals surface area contributed by atoms with Crippen LogP contribution in [0.3, 0.4) is 0 Å². The highest BCUT2D eigenvalue weighted by molar-refractivity contribution is 5.59. The Labute approximate surface area is 115 Å². The van der Waals surface area contributed by atoms with Gasteiger partial charge in [0, 0.05) is 20.6 Å². The zero-order valence-corrected chi connectivity index (χ0v) is 11.5. The average Bonchev–Trinajstić information content (AvgIpc) is 2.41. The van der Waals surface area contributed by atoms with Gasteiger partial charge in [0.15, 0.2) is 5.82 Å². The van der Waals surface area contributed by atoms with E-state index in [4.69, 9.17) is 0 Å². The van der Waals surface area contributed by atoms with Crippen molar-refractivity contribution in [3.05, 3.63) is 29.8 Å². The molecule has 2 aromatic rings. The van der Waals surface area contributed by atoms with Crippen molar-refractivity contribution in [1.82, 2.24) is 15.0 Å². The maximum atomic E-state index is 13.8. The number of hydrogen-bond donors (Lipinski definition) is 1. The summed E-state index contributed by atoms with van der Waals surface area (Å²) in [5.41, 5.74) is 0.00894. The Morgan fingerprint density at radius 3 is 2.55 bits per heavy atom. The maximum Gasteiger partial charge on any atom is 0.230 e. The van der Waals surface area contributed by atoms with Gasteiger partial charge in [-0.25, -0.2) is 8.78 Å². The van der Waals surface area contributed by atoms with E-state index in [-0.39, 0.29) is 11.4 Å². The second kappa shape index (κ2) is 5.77. The van der Waals surface area contributed by atoms with Crippen molar-refractivity contribution in [2.45, 2.75) is 6.92 Å². The lowest BCUT2D eigenvalue weighted by Gasteiger charge is -2.13. The van der Waals surface area contributed by atoms with Crippen molar-refractivity contribution < 1.29 is 8.78 Å². The van der Waals surface area contributed by atoms with Crippen LogP contribution in [-0.2, 0) is 0 Å². The van der Waals surface area contributed by atoms with Gasteiger partial charge in [-0.2, -0.15) is 15.0 Å². The molecule has 0 aliphatic carbocycles. The molecule has 0 radical (unpaired) electrons. The summed E-state index contributed by atoms with van der Waals surface area (Å²) < 4.78 is 27.1. The zero-order chi connectivity index (χ0) is 14.7. The number of anilines is 2. The quantitative estimate of drug-likeness (QED) is 0.930. The summed E-state index contributed by atoms with van der Waals surface area (Å²) in [5.74, 6) is -0.334. The summed E-state index contributed by atoms with van der Waals surface area (Å²) in [6, 6.07) is 3.18. The number of halogens is 2. The summed E-state index contributed by atoms with van der Waals surface area (Å²) >= 11 is 0. The van der Waals surface area contributed by atoms with Gasteiger partial charge in [-0.15, -0.1) is 0 Å². The highest BCUT2D eigenvalue weighted by Crippen LogP contribution is 2.22. The van der Waals surface area contributed by atoms with Gasteiger partial charge in [0.25, 0.3) is 0 Å². The van der Waals surface area contributed by atoms with Crippen LogP contribution in [0, 0.1) is 11.6 Å². The second-order valence-corrected chi connectivity index (χ2v) is 4.33. The number of benzene rings is 1. The van der Waals surface area contributed by atoms with Crippen LogP contribution in [0.25, 0.3) is 11.4 Å². The maximum absolute atomic E-state index is 13.8. The van der Waals surface area contributed by atoms with Crippen molar-refractivity contribution >= 4 is 11.9 Å². The molecule has 0 unspecified atom stereocenters. The predicted octanol–water partition coefficient (Wildman–Crippen LogP) is 2.31. The molecule has 0 saturated heterocycles. The fraction of sp³-hybridized carbons (Fsp3) is 0.308. The third-order valence-electron chi connectivity index (χ3n) is 2.53. The summed E-state index contributed by atoms with van der Waals surface area (Å²) in [6.07, 6.45) is 0. The van der Waals surface area contributed by atoms with Crippen LogP contribution in [0.2, 0.25) is 0 Å². The first-order valence-electron chi connectivity index (χ1n) is 6.14. The lowest BCUT2D eigenvalue weighted by atomic mass is 10.2. The minimum absolute atomic E-state index is 0.00894. The van der Waals surface area contributed by atoms with Crippen molar-refractivity contribution in [2.75, 3.05) is 30.9 Å². The normalized spacial score (nSPS) is 10.4. The van der Waals surface area contributed by atoms with E-state index in [1.165, 1.54) is 0 Å². The van der Waals surface area contributed by atoms with E-state index in [0.717, 1.165) is 18.2 Å². The van der Waals surface area contributed by atoms with Gasteiger partial charge < -0.3 is 10.2 Å². The van der Waals surface area contributed by atoms with E-state index in [1.807, 2.05) is 6.92 Å². The van der Waals surface area contributed by atoms with Gasteiger partial charge in [0.05, 0.1) is 5.56 Å². The SMILES string of the molecule is CCNc1nc(-c2cc(F)ccc2F)nc(N(C)C)n1. The molecule has 0 bridgehead atoms. The lowest BCUT2D eigenvalue weighted by Crippen LogP contribution is -2.16. The Bertz CT molecular complexity index is 616. The van der Waals surface area contributed by atoms with Gasteiger partial charge in [0.1, 0.15) is 11.6 Å². The number of aromatic nitrogens is 3. The summed E-state index contributed by atoms with van der Waals surface area (Å²) in [4.78, 5) is 14.1. The molecule has 0 amide bonds. The van der Waals surface area contributed by atoms with Gasteiger partial charge in [0.2, 0.25) is 11.9 Å². The van der Waals surface area contributed by atoms with Crippen LogP contribution in [0.1, 0.15) is 6.92 Å². The molecule has 1 aromatic carbocycles. The van der Waals surface area contributed by atoms with Crippen molar-refractivity contribution in [1.29, 1.82) is 0 Å². The third-order valence-corrected chi connectivity index (χ3v) is 2.53. The topological polar surface area (TPSA) is 53.9 Å². The molecule has 0 fully saturated rings. The summed E-state index contributed by atoms with van der Waals surface area (Å²) in [5, 5.41) is 2.94. The average molecular weight is 279 g/mol. The minimum atomic E-state index is -0.579. The van der Waals surface area contributed by atoms with Gasteiger partial charge in [-0.05, 0) is 25.1 Å². The van der Waals surface area contributed by atoms with Crippen LogP contribution in [-0.4, -0.2) is 35.6 Å². The molecular formula is C13H15F2N5. The van der Waals surface area contributed by atoms with Crippen LogP contribution in [0.15, 0.2) is 18.2 Å². The molecule has 2 rings (SSSR count). The fourth-order valence-corrected chi connectivity index (χ4v) is 1.59. The molecule has 0 aliphatic rings. The number of nitrogens with zero attached hydrogens (tertiary/aromatic N) is 4. The van der Waals surface area contributed by atoms with E-state index < -0.39 is 11.6 Å². The second-order valence-electron chi connectivity index (χ2n) is 4.33. The first-order chi connectivity index (χ1) is 9.51. The molecule has 1 heterocycles. The smallest absolute Gasteiger partial charge is 0.230 e. The first kappa shape index (κ1) is 14.1. The van der Waals surface area contributed by atoms with Crippen molar-refractivity contribution in [3.8, 4) is 11.4 Å². The minimum Gasteiger partial charge on any atom is -0.354 e. The Morgan fingerprint density at radius 2 is 1.90 bits per heavy atom. The molecule has 5 nitrogen and oxygen atoms in total. The van der Waals surface area contributed by atoms with Crippen LogP contribution in [0.4, 0.5) is 20.7 Å². The monoisotopic (exact) mass is 279 g/mol. The van der Waals surface area contributed by atoms with Crippen LogP contribution >= 0.6 is 0 Å². The largest absolute Gasteiger partial charge is 0.354 e. The lowest BCUT2D eigenvalue weighted by molar-refractivity contribution is 0.602. The van der Waals surface area contributed by atoms with E-state index in [9.17, 15) is 8.78 Å². The van der Waals surface area contributed by atoms with E-state index >= 15 is 0 Å². The van der Waals surface area contributed by atoms with Gasteiger partial charge >= 0.3 is 0 Å². The number of rotatable bonds is 4. The van der Waals surface area contributed by atoms with Gasteiger partial charge in [-0.1, -0.05) is 0 Å². The Kier molecular flexibility index (Phi) is 4.07. The number of nitrogens with one attached hydrogen (secondary N) is 1. The molecular weight excluding hydrogens is 264 g/mol. The number of hydrogen-bond acceptors (Lipinski definition) is 5. The molecule has 0 atom stereocenters. The highest BCUT2D eigenvalue weighted by Gasteiger charge is 2.14. The molecule has 7 heteroatoms. The molecule has 0 saturated carbocycles. The van der Waals surface area contributed by atoms with E-state index in [1.54, 1.807) is 19.0 Å². The Hall–Kier alpha value is -2.31. The Balaban J connectivity index is 2.57. The van der Waals surface area contributed by atoms with Crippen molar-refractivity contribution in [3.63, 3.8) is 0 Å². The third kappa shape index (κ3) is 2.98. The molecule has 1 N–H and O–H groups in total. The fourth-order valence-electron chi connectivity index (χ4n) is 1.59. The van der Waals surface area contributed by atoms with E-state index in [0.29, 0.717) is 18.4 Å². The molecule has 0 spiro atoms. The summed E-state index contributed by atoms with van der Waals surface area (Å²) in [7, 11) is 3.52. The molecule has 1 aromatic heterocycles.